The average molecular weight is 465 g/mol. The van der Waals surface area contributed by atoms with Crippen LogP contribution < -0.4 is 15.4 Å². The van der Waals surface area contributed by atoms with Crippen LogP contribution in [0.15, 0.2) is 48.5 Å². The molecule has 0 spiro atoms. The highest BCUT2D eigenvalue weighted by Gasteiger charge is 2.28. The molecule has 0 aliphatic carbocycles. The number of carbonyl (C=O) groups is 3. The Kier molecular flexibility index (Phi) is 8.10. The van der Waals surface area contributed by atoms with Crippen LogP contribution in [-0.4, -0.2) is 36.9 Å². The van der Waals surface area contributed by atoms with E-state index in [1.165, 1.54) is 0 Å². The second kappa shape index (κ2) is 11.0. The Bertz CT molecular complexity index is 1090. The fraction of sp³-hybridized carbons (Fsp3) is 0.370. The van der Waals surface area contributed by atoms with E-state index in [2.05, 4.69) is 24.5 Å². The molecule has 0 fully saturated rings. The van der Waals surface area contributed by atoms with Crippen molar-refractivity contribution in [3.8, 4) is 5.75 Å². The van der Waals surface area contributed by atoms with Crippen molar-refractivity contribution in [2.24, 2.45) is 0 Å². The minimum atomic E-state index is -0.302. The summed E-state index contributed by atoms with van der Waals surface area (Å²) < 4.78 is 10.2. The number of fused-ring (bicyclic) bond motifs is 1. The number of carbonyl (C=O) groups excluding carboxylic acids is 3. The molecule has 180 valence electrons. The molecule has 0 bridgehead atoms. The highest BCUT2D eigenvalue weighted by Crippen LogP contribution is 2.32. The molecule has 34 heavy (non-hydrogen) atoms. The molecule has 1 aliphatic heterocycles. The molecule has 1 heterocycles. The van der Waals surface area contributed by atoms with Gasteiger partial charge in [-0.3, -0.25) is 14.4 Å². The highest BCUT2D eigenvalue weighted by molar-refractivity contribution is 6.09. The van der Waals surface area contributed by atoms with Gasteiger partial charge >= 0.3 is 5.97 Å². The predicted molar refractivity (Wildman–Crippen MR) is 132 cm³/mol. The van der Waals surface area contributed by atoms with Crippen molar-refractivity contribution in [3.05, 3.63) is 65.2 Å². The number of hydrogen-bond donors (Lipinski definition) is 2. The monoisotopic (exact) mass is 464 g/mol. The van der Waals surface area contributed by atoms with Crippen LogP contribution in [0.2, 0.25) is 0 Å². The van der Waals surface area contributed by atoms with Gasteiger partial charge in [0.05, 0.1) is 13.7 Å². The van der Waals surface area contributed by atoms with Crippen LogP contribution in [0, 0.1) is 0 Å². The zero-order chi connectivity index (χ0) is 24.7. The molecule has 0 aromatic heterocycles. The van der Waals surface area contributed by atoms with Gasteiger partial charge in [0, 0.05) is 47.0 Å². The maximum absolute atomic E-state index is 13.0. The van der Waals surface area contributed by atoms with Crippen molar-refractivity contribution in [1.29, 1.82) is 0 Å². The number of hydrogen-bond acceptors (Lipinski definition) is 6. The van der Waals surface area contributed by atoms with Crippen molar-refractivity contribution in [2.45, 2.75) is 52.0 Å². The molecule has 1 aliphatic rings. The first-order valence-electron chi connectivity index (χ1n) is 11.5. The van der Waals surface area contributed by atoms with E-state index in [0.29, 0.717) is 24.3 Å². The zero-order valence-electron chi connectivity index (χ0n) is 20.2. The number of nitrogens with one attached hydrogen (secondary N) is 2. The normalized spacial score (nSPS) is 15.1. The van der Waals surface area contributed by atoms with Crippen molar-refractivity contribution in [1.82, 2.24) is 5.32 Å². The number of esters is 1. The molecule has 2 aromatic rings. The van der Waals surface area contributed by atoms with Gasteiger partial charge < -0.3 is 20.1 Å². The lowest BCUT2D eigenvalue weighted by atomic mass is 9.85. The molecule has 0 unspecified atom stereocenters. The maximum Gasteiger partial charge on any atom is 0.305 e. The van der Waals surface area contributed by atoms with Gasteiger partial charge in [-0.15, -0.1) is 0 Å². The third kappa shape index (κ3) is 6.70. The minimum absolute atomic E-state index is 0.138. The third-order valence-corrected chi connectivity index (χ3v) is 5.53. The van der Waals surface area contributed by atoms with Crippen molar-refractivity contribution in [3.63, 3.8) is 0 Å². The molecule has 0 saturated heterocycles. The van der Waals surface area contributed by atoms with E-state index in [4.69, 9.17) is 9.47 Å². The Morgan fingerprint density at radius 1 is 1.09 bits per heavy atom. The van der Waals surface area contributed by atoms with E-state index in [9.17, 15) is 14.4 Å². The average Bonchev–Trinajstić information content (AvgIpc) is 2.78. The van der Waals surface area contributed by atoms with Gasteiger partial charge in [-0.1, -0.05) is 6.07 Å². The van der Waals surface area contributed by atoms with Crippen LogP contribution in [0.25, 0.3) is 5.70 Å². The van der Waals surface area contributed by atoms with Gasteiger partial charge in [-0.2, -0.15) is 0 Å². The van der Waals surface area contributed by atoms with Crippen LogP contribution in [-0.2, 0) is 20.7 Å². The molecule has 0 saturated carbocycles. The molecule has 2 N–H and O–H groups in total. The van der Waals surface area contributed by atoms with E-state index >= 15 is 0 Å². The first-order chi connectivity index (χ1) is 16.2. The van der Waals surface area contributed by atoms with Crippen LogP contribution >= 0.6 is 0 Å². The Balaban J connectivity index is 1.67. The van der Waals surface area contributed by atoms with Crippen LogP contribution in [0.5, 0.6) is 5.75 Å². The molecule has 7 heteroatoms. The van der Waals surface area contributed by atoms with E-state index in [1.54, 1.807) is 44.4 Å². The van der Waals surface area contributed by atoms with Gasteiger partial charge in [-0.05, 0) is 75.6 Å². The fourth-order valence-electron chi connectivity index (χ4n) is 3.94. The number of ether oxygens (including phenoxy) is 2. The molecule has 3 rings (SSSR count). The lowest BCUT2D eigenvalue weighted by molar-refractivity contribution is -0.143. The predicted octanol–water partition coefficient (Wildman–Crippen LogP) is 4.52. The molecular weight excluding hydrogens is 432 g/mol. The van der Waals surface area contributed by atoms with Gasteiger partial charge in [0.1, 0.15) is 5.75 Å². The molecule has 0 radical (unpaired) electrons. The van der Waals surface area contributed by atoms with E-state index in [0.717, 1.165) is 29.0 Å². The molecule has 2 aromatic carbocycles. The zero-order valence-corrected chi connectivity index (χ0v) is 20.2. The van der Waals surface area contributed by atoms with E-state index in [1.807, 2.05) is 18.2 Å². The molecule has 0 atom stereocenters. The smallest absolute Gasteiger partial charge is 0.305 e. The lowest BCUT2D eigenvalue weighted by Crippen LogP contribution is -2.43. The van der Waals surface area contributed by atoms with Crippen molar-refractivity contribution in [2.75, 3.05) is 19.0 Å². The van der Waals surface area contributed by atoms with Crippen LogP contribution in [0.4, 0.5) is 5.69 Å². The summed E-state index contributed by atoms with van der Waals surface area (Å²) in [6.45, 7) is 6.28. The lowest BCUT2D eigenvalue weighted by Gasteiger charge is -2.35. The molecule has 7 nitrogen and oxygen atoms in total. The number of rotatable bonds is 9. The Morgan fingerprint density at radius 3 is 2.50 bits per heavy atom. The van der Waals surface area contributed by atoms with Crippen molar-refractivity contribution >= 4 is 29.0 Å². The Morgan fingerprint density at radius 2 is 1.82 bits per heavy atom. The van der Waals surface area contributed by atoms with Gasteiger partial charge in [0.15, 0.2) is 5.78 Å². The number of anilines is 1. The van der Waals surface area contributed by atoms with Gasteiger partial charge in [0.25, 0.3) is 0 Å². The fourth-order valence-corrected chi connectivity index (χ4v) is 3.94. The second-order valence-corrected chi connectivity index (χ2v) is 8.92. The highest BCUT2D eigenvalue weighted by atomic mass is 16.5. The van der Waals surface area contributed by atoms with Crippen molar-refractivity contribution < 1.29 is 23.9 Å². The summed E-state index contributed by atoms with van der Waals surface area (Å²) >= 11 is 0. The van der Waals surface area contributed by atoms with Gasteiger partial charge in [-0.25, -0.2) is 0 Å². The summed E-state index contributed by atoms with van der Waals surface area (Å²) in [6, 6.07) is 12.7. The summed E-state index contributed by atoms with van der Waals surface area (Å²) in [6.07, 6.45) is 3.30. The van der Waals surface area contributed by atoms with Crippen LogP contribution in [0.3, 0.4) is 0 Å². The number of allylic oxidation sites excluding steroid dienone is 1. The molecular formula is C27H32N2O5. The second-order valence-electron chi connectivity index (χ2n) is 8.92. The minimum Gasteiger partial charge on any atom is -0.497 e. The Hall–Kier alpha value is -3.61. The number of methoxy groups -OCH3 is 1. The first kappa shape index (κ1) is 25.0. The number of benzene rings is 2. The summed E-state index contributed by atoms with van der Waals surface area (Å²) in [5, 5.41) is 6.26. The number of ketones is 1. The third-order valence-electron chi connectivity index (χ3n) is 5.53. The topological polar surface area (TPSA) is 93.7 Å². The van der Waals surface area contributed by atoms with E-state index in [-0.39, 0.29) is 36.0 Å². The molecule has 1 amide bonds. The SMILES string of the molecule is CCOC(=O)CCCC(=O)Nc1ccc(C(=O)/C=C2\NC(C)(C)Cc3ccc(OC)cc32)cc1. The van der Waals surface area contributed by atoms with Crippen LogP contribution in [0.1, 0.15) is 61.5 Å². The van der Waals surface area contributed by atoms with Gasteiger partial charge in [0.2, 0.25) is 5.91 Å². The largest absolute Gasteiger partial charge is 0.497 e. The quantitative estimate of drug-likeness (QED) is 0.322. The first-order valence-corrected chi connectivity index (χ1v) is 11.5. The van der Waals surface area contributed by atoms with E-state index < -0.39 is 0 Å². The summed E-state index contributed by atoms with van der Waals surface area (Å²) in [4.78, 5) is 36.5. The number of amides is 1. The summed E-state index contributed by atoms with van der Waals surface area (Å²) in [7, 11) is 1.62. The Labute approximate surface area is 200 Å². The summed E-state index contributed by atoms with van der Waals surface area (Å²) in [5.41, 5.74) is 3.80. The standard InChI is InChI=1S/C27H32N2O5/c1-5-34-26(32)8-6-7-25(31)28-20-12-9-18(10-13-20)24(30)16-23-22-15-21(33-4)14-11-19(22)17-27(2,3)29-23/h9-16,29H,5-8,17H2,1-4H3,(H,28,31)/b23-16-. The summed E-state index contributed by atoms with van der Waals surface area (Å²) in [5.74, 6) is 0.108. The maximum atomic E-state index is 13.0.